The summed E-state index contributed by atoms with van der Waals surface area (Å²) in [6.45, 7) is 5.38. The molecule has 0 radical (unpaired) electrons. The second-order valence-electron chi connectivity index (χ2n) is 9.22. The van der Waals surface area contributed by atoms with Gasteiger partial charge in [0.1, 0.15) is 0 Å². The van der Waals surface area contributed by atoms with Crippen molar-refractivity contribution in [1.29, 1.82) is 0 Å². The fourth-order valence-corrected chi connectivity index (χ4v) is 4.81. The maximum Gasteiger partial charge on any atom is 0.254 e. The smallest absolute Gasteiger partial charge is 0.254 e. The number of rotatable bonds is 6. The van der Waals surface area contributed by atoms with Gasteiger partial charge in [0.05, 0.1) is 17.7 Å². The highest BCUT2D eigenvalue weighted by atomic mass is 19.1. The molecule has 0 aliphatic carbocycles. The molecule has 1 fully saturated rings. The molecule has 0 saturated carbocycles. The number of nitrogens with one attached hydrogen (secondary N) is 1. The Balaban J connectivity index is 1.65. The van der Waals surface area contributed by atoms with E-state index in [1.807, 2.05) is 24.9 Å². The molecule has 1 aromatic heterocycles. The monoisotopic (exact) mass is 488 g/mol. The first-order valence-corrected chi connectivity index (χ1v) is 12.2. The average Bonchev–Trinajstić information content (AvgIpc) is 3.26. The largest absolute Gasteiger partial charge is 0.491 e. The van der Waals surface area contributed by atoms with Gasteiger partial charge in [-0.15, -0.1) is 0 Å². The molecule has 0 atom stereocenters. The van der Waals surface area contributed by atoms with E-state index in [-0.39, 0.29) is 11.7 Å². The number of piperazine rings is 1. The molecule has 7 nitrogen and oxygen atoms in total. The number of carbonyl (C=O) groups excluding carboxylic acids is 2. The summed E-state index contributed by atoms with van der Waals surface area (Å²) < 4.78 is 21.1. The number of hydrogen-bond acceptors (Lipinski definition) is 4. The van der Waals surface area contributed by atoms with E-state index in [1.54, 1.807) is 42.5 Å². The third-order valence-electron chi connectivity index (χ3n) is 6.77. The van der Waals surface area contributed by atoms with Gasteiger partial charge in [0, 0.05) is 53.6 Å². The van der Waals surface area contributed by atoms with E-state index < -0.39 is 11.7 Å². The maximum atomic E-state index is 15.5. The lowest BCUT2D eigenvalue weighted by Crippen LogP contribution is -2.47. The predicted molar refractivity (Wildman–Crippen MR) is 139 cm³/mol. The fourth-order valence-electron chi connectivity index (χ4n) is 4.81. The Morgan fingerprint density at radius 3 is 2.56 bits per heavy atom. The molecule has 0 spiro atoms. The van der Waals surface area contributed by atoms with E-state index in [2.05, 4.69) is 9.88 Å². The third kappa shape index (κ3) is 4.18. The van der Waals surface area contributed by atoms with Crippen LogP contribution in [0.25, 0.3) is 32.9 Å². The summed E-state index contributed by atoms with van der Waals surface area (Å²) >= 11 is 0. The summed E-state index contributed by atoms with van der Waals surface area (Å²) in [5.41, 5.74) is 8.69. The number of amides is 2. The van der Waals surface area contributed by atoms with Crippen molar-refractivity contribution in [2.45, 2.75) is 13.3 Å². The number of nitrogens with zero attached hydrogens (tertiary/aromatic N) is 2. The zero-order valence-electron chi connectivity index (χ0n) is 20.4. The van der Waals surface area contributed by atoms with Crippen LogP contribution in [0.5, 0.6) is 5.75 Å². The lowest BCUT2D eigenvalue weighted by atomic mass is 9.96. The highest BCUT2D eigenvalue weighted by Crippen LogP contribution is 2.39. The number of halogens is 1. The molecule has 0 unspecified atom stereocenters. The Kier molecular flexibility index (Phi) is 6.36. The van der Waals surface area contributed by atoms with Gasteiger partial charge in [-0.1, -0.05) is 31.2 Å². The van der Waals surface area contributed by atoms with E-state index in [0.717, 1.165) is 24.9 Å². The summed E-state index contributed by atoms with van der Waals surface area (Å²) in [6.07, 6.45) is 0.763. The normalized spacial score (nSPS) is 14.5. The van der Waals surface area contributed by atoms with Gasteiger partial charge in [-0.25, -0.2) is 4.39 Å². The molecule has 1 saturated heterocycles. The van der Waals surface area contributed by atoms with Gasteiger partial charge in [0.15, 0.2) is 11.6 Å². The van der Waals surface area contributed by atoms with Crippen LogP contribution in [0.15, 0.2) is 48.5 Å². The molecule has 36 heavy (non-hydrogen) atoms. The second kappa shape index (κ2) is 9.62. The van der Waals surface area contributed by atoms with Crippen molar-refractivity contribution in [2.24, 2.45) is 5.73 Å². The van der Waals surface area contributed by atoms with Crippen molar-refractivity contribution in [3.05, 3.63) is 65.5 Å². The zero-order valence-corrected chi connectivity index (χ0v) is 20.4. The van der Waals surface area contributed by atoms with Crippen LogP contribution in [0.3, 0.4) is 0 Å². The Hall–Kier alpha value is -3.91. The van der Waals surface area contributed by atoms with Gasteiger partial charge >= 0.3 is 0 Å². The molecule has 2 heterocycles. The lowest BCUT2D eigenvalue weighted by molar-refractivity contribution is 0.0664. The first-order chi connectivity index (χ1) is 17.4. The molecule has 8 heteroatoms. The van der Waals surface area contributed by atoms with Crippen LogP contribution < -0.4 is 10.5 Å². The van der Waals surface area contributed by atoms with Crippen LogP contribution in [0.1, 0.15) is 34.1 Å². The number of benzene rings is 3. The molecule has 3 aromatic carbocycles. The number of primary amides is 1. The summed E-state index contributed by atoms with van der Waals surface area (Å²) in [4.78, 5) is 32.7. The van der Waals surface area contributed by atoms with Crippen LogP contribution in [0.2, 0.25) is 0 Å². The van der Waals surface area contributed by atoms with E-state index in [0.29, 0.717) is 58.4 Å². The number of ether oxygens (including phenoxy) is 1. The van der Waals surface area contributed by atoms with Crippen LogP contribution in [0, 0.1) is 5.82 Å². The highest BCUT2D eigenvalue weighted by molar-refractivity contribution is 6.20. The molecule has 2 amide bonds. The van der Waals surface area contributed by atoms with Crippen molar-refractivity contribution in [2.75, 3.05) is 39.8 Å². The SMILES string of the molecule is CCCOc1cccc(-c2ccc(C(N)=O)c3[nH]c4cc(C(=O)N5CCN(C)CC5)ccc4c23)c1F. The number of hydrogen-bond donors (Lipinski definition) is 2. The Morgan fingerprint density at radius 1 is 1.06 bits per heavy atom. The summed E-state index contributed by atoms with van der Waals surface area (Å²) in [6, 6.07) is 13.8. The minimum absolute atomic E-state index is 0.0363. The number of H-pyrrole nitrogens is 1. The quantitative estimate of drug-likeness (QED) is 0.421. The van der Waals surface area contributed by atoms with E-state index in [4.69, 9.17) is 10.5 Å². The van der Waals surface area contributed by atoms with Crippen molar-refractivity contribution in [3.8, 4) is 16.9 Å². The standard InChI is InChI=1S/C28H29FN4O3/c1-3-15-36-23-6-4-5-19(25(23)29)18-9-10-21(27(30)34)26-24(18)20-8-7-17(16-22(20)31-26)28(35)33-13-11-32(2)12-14-33/h4-10,16,31H,3,11-15H2,1-2H3,(H2,30,34). The zero-order chi connectivity index (χ0) is 25.4. The van der Waals surface area contributed by atoms with E-state index >= 15 is 4.39 Å². The van der Waals surface area contributed by atoms with Gasteiger partial charge in [0.2, 0.25) is 0 Å². The first kappa shape index (κ1) is 23.8. The number of carbonyl (C=O) groups is 2. The lowest BCUT2D eigenvalue weighted by Gasteiger charge is -2.32. The number of aromatic nitrogens is 1. The van der Waals surface area contributed by atoms with Crippen molar-refractivity contribution >= 4 is 33.6 Å². The summed E-state index contributed by atoms with van der Waals surface area (Å²) in [5.74, 6) is -0.908. The Bertz CT molecular complexity index is 1470. The first-order valence-electron chi connectivity index (χ1n) is 12.2. The number of likely N-dealkylation sites (N-methyl/N-ethyl adjacent to an activating group) is 1. The minimum atomic E-state index is -0.590. The van der Waals surface area contributed by atoms with Crippen molar-refractivity contribution in [1.82, 2.24) is 14.8 Å². The number of aromatic amines is 1. The third-order valence-corrected chi connectivity index (χ3v) is 6.77. The molecule has 4 aromatic rings. The Labute approximate surface area is 208 Å². The Morgan fingerprint density at radius 2 is 1.83 bits per heavy atom. The molecular formula is C28H29FN4O3. The van der Waals surface area contributed by atoms with Crippen molar-refractivity contribution in [3.63, 3.8) is 0 Å². The fraction of sp³-hybridized carbons (Fsp3) is 0.286. The molecular weight excluding hydrogens is 459 g/mol. The number of fused-ring (bicyclic) bond motifs is 3. The van der Waals surface area contributed by atoms with Gasteiger partial charge in [-0.2, -0.15) is 0 Å². The van der Waals surface area contributed by atoms with Crippen LogP contribution in [-0.2, 0) is 0 Å². The molecule has 186 valence electrons. The molecule has 1 aliphatic rings. The van der Waals surface area contributed by atoms with Crippen LogP contribution >= 0.6 is 0 Å². The topological polar surface area (TPSA) is 91.7 Å². The molecule has 3 N–H and O–H groups in total. The van der Waals surface area contributed by atoms with Gasteiger partial charge in [0.25, 0.3) is 11.8 Å². The predicted octanol–water partition coefficient (Wildman–Crippen LogP) is 4.40. The van der Waals surface area contributed by atoms with E-state index in [9.17, 15) is 9.59 Å². The van der Waals surface area contributed by atoms with Gasteiger partial charge < -0.3 is 25.3 Å². The average molecular weight is 489 g/mol. The molecule has 5 rings (SSSR count). The van der Waals surface area contributed by atoms with Gasteiger partial charge in [-0.05, 0) is 43.3 Å². The highest BCUT2D eigenvalue weighted by Gasteiger charge is 2.23. The molecule has 1 aliphatic heterocycles. The van der Waals surface area contributed by atoms with Crippen LogP contribution in [-0.4, -0.2) is 66.4 Å². The summed E-state index contributed by atoms with van der Waals surface area (Å²) in [5, 5.41) is 1.45. The summed E-state index contributed by atoms with van der Waals surface area (Å²) in [7, 11) is 2.04. The van der Waals surface area contributed by atoms with Crippen molar-refractivity contribution < 1.29 is 18.7 Å². The van der Waals surface area contributed by atoms with Crippen LogP contribution in [0.4, 0.5) is 4.39 Å². The molecule has 0 bridgehead atoms. The number of nitrogens with two attached hydrogens (primary N) is 1. The van der Waals surface area contributed by atoms with E-state index in [1.165, 1.54) is 0 Å². The second-order valence-corrected chi connectivity index (χ2v) is 9.22. The maximum absolute atomic E-state index is 15.5. The minimum Gasteiger partial charge on any atom is -0.491 e. The van der Waals surface area contributed by atoms with Gasteiger partial charge in [-0.3, -0.25) is 9.59 Å².